The van der Waals surface area contributed by atoms with Gasteiger partial charge in [0.05, 0.1) is 0 Å². The fraction of sp³-hybridized carbons (Fsp3) is 0.526. The summed E-state index contributed by atoms with van der Waals surface area (Å²) in [5, 5.41) is 10.7. The van der Waals surface area contributed by atoms with Crippen LogP contribution >= 0.6 is 0 Å². The number of aryl methyl sites for hydroxylation is 2. The normalized spacial score (nSPS) is 11.1. The molecule has 0 spiro atoms. The van der Waals surface area contributed by atoms with E-state index in [1.807, 2.05) is 30.3 Å². The minimum atomic E-state index is 0.256. The molecule has 0 aliphatic carbocycles. The van der Waals surface area contributed by atoms with Gasteiger partial charge in [0, 0.05) is 5.56 Å². The molecule has 0 saturated heterocycles. The zero-order valence-corrected chi connectivity index (χ0v) is 25.8. The molecule has 0 heterocycles. The minimum absolute atomic E-state index is 0.256. The molecule has 0 atom stereocenters. The summed E-state index contributed by atoms with van der Waals surface area (Å²) in [6.45, 7) is 5.25. The van der Waals surface area contributed by atoms with Crippen molar-refractivity contribution in [2.24, 2.45) is 0 Å². The zero-order valence-electron chi connectivity index (χ0n) is 25.8. The van der Waals surface area contributed by atoms with Gasteiger partial charge in [-0.25, -0.2) is 0 Å². The number of hydrogen-bond donors (Lipinski definition) is 1. The van der Waals surface area contributed by atoms with E-state index in [0.717, 1.165) is 35.5 Å². The second-order valence-electron chi connectivity index (χ2n) is 11.5. The number of rotatable bonds is 22. The highest BCUT2D eigenvalue weighted by atomic mass is 16.5. The molecule has 0 aliphatic rings. The predicted octanol–water partition coefficient (Wildman–Crippen LogP) is 11.1. The first kappa shape index (κ1) is 32.6. The molecule has 0 bridgehead atoms. The molecule has 224 valence electrons. The van der Waals surface area contributed by atoms with Crippen LogP contribution in [-0.4, -0.2) is 5.11 Å². The topological polar surface area (TPSA) is 38.7 Å². The van der Waals surface area contributed by atoms with E-state index < -0.39 is 0 Å². The molecule has 0 radical (unpaired) electrons. The van der Waals surface area contributed by atoms with Crippen LogP contribution in [0.4, 0.5) is 0 Å². The molecule has 1 N–H and O–H groups in total. The Morgan fingerprint density at radius 1 is 0.463 bits per heavy atom. The average Bonchev–Trinajstić information content (AvgIpc) is 2.99. The smallest absolute Gasteiger partial charge is 0.123 e. The Morgan fingerprint density at radius 3 is 1.44 bits per heavy atom. The molecule has 3 aromatic rings. The summed E-state index contributed by atoms with van der Waals surface area (Å²) in [7, 11) is 0. The standard InChI is InChI=1S/C38H54O3/c1-3-5-7-9-11-13-15-22-32-24-17-19-28-37(32)40-30-34-26-21-27-36(39)35(34)31-41-38-29-20-18-25-33(38)23-16-14-12-10-8-6-4-2/h17-21,24-29,39H,3-16,22-23,30-31H2,1-2H3. The fourth-order valence-electron chi connectivity index (χ4n) is 5.48. The number of aromatic hydroxyl groups is 1. The van der Waals surface area contributed by atoms with Crippen molar-refractivity contribution in [3.8, 4) is 17.2 Å². The van der Waals surface area contributed by atoms with Gasteiger partial charge in [-0.15, -0.1) is 0 Å². The van der Waals surface area contributed by atoms with Crippen molar-refractivity contribution in [3.63, 3.8) is 0 Å². The molecule has 3 aromatic carbocycles. The van der Waals surface area contributed by atoms with E-state index in [9.17, 15) is 5.11 Å². The molecule has 3 rings (SSSR count). The molecule has 0 saturated carbocycles. The van der Waals surface area contributed by atoms with Crippen LogP contribution in [0.5, 0.6) is 17.2 Å². The number of para-hydroxylation sites is 2. The summed E-state index contributed by atoms with van der Waals surface area (Å²) in [6, 6.07) is 22.4. The van der Waals surface area contributed by atoms with Gasteiger partial charge >= 0.3 is 0 Å². The first-order valence-corrected chi connectivity index (χ1v) is 16.4. The summed E-state index contributed by atoms with van der Waals surface area (Å²) in [5.74, 6) is 2.11. The second-order valence-corrected chi connectivity index (χ2v) is 11.5. The van der Waals surface area contributed by atoms with Crippen LogP contribution in [0, 0.1) is 0 Å². The van der Waals surface area contributed by atoms with Crippen LogP contribution < -0.4 is 9.47 Å². The third-order valence-corrected chi connectivity index (χ3v) is 8.05. The van der Waals surface area contributed by atoms with Crippen LogP contribution in [-0.2, 0) is 26.1 Å². The van der Waals surface area contributed by atoms with Gasteiger partial charge in [-0.1, -0.05) is 139 Å². The van der Waals surface area contributed by atoms with Gasteiger partial charge in [0.25, 0.3) is 0 Å². The van der Waals surface area contributed by atoms with Crippen molar-refractivity contribution in [3.05, 3.63) is 89.0 Å². The third-order valence-electron chi connectivity index (χ3n) is 8.05. The quantitative estimate of drug-likeness (QED) is 0.125. The van der Waals surface area contributed by atoms with Crippen molar-refractivity contribution < 1.29 is 14.6 Å². The van der Waals surface area contributed by atoms with Crippen LogP contribution in [0.1, 0.15) is 126 Å². The Morgan fingerprint density at radius 2 is 0.902 bits per heavy atom. The van der Waals surface area contributed by atoms with Gasteiger partial charge < -0.3 is 14.6 Å². The lowest BCUT2D eigenvalue weighted by Gasteiger charge is -2.17. The van der Waals surface area contributed by atoms with E-state index in [0.29, 0.717) is 13.2 Å². The van der Waals surface area contributed by atoms with Gasteiger partial charge in [-0.2, -0.15) is 0 Å². The van der Waals surface area contributed by atoms with Crippen LogP contribution in [0.15, 0.2) is 66.7 Å². The van der Waals surface area contributed by atoms with Crippen LogP contribution in [0.25, 0.3) is 0 Å². The molecule has 0 amide bonds. The molecule has 3 heteroatoms. The Bertz CT molecular complexity index is 1110. The van der Waals surface area contributed by atoms with E-state index in [1.165, 1.54) is 101 Å². The number of ether oxygens (including phenoxy) is 2. The summed E-state index contributed by atoms with van der Waals surface area (Å²) in [5.41, 5.74) is 4.26. The van der Waals surface area contributed by atoms with E-state index in [1.54, 1.807) is 6.07 Å². The lowest BCUT2D eigenvalue weighted by atomic mass is 10.0. The molecule has 41 heavy (non-hydrogen) atoms. The maximum atomic E-state index is 10.7. The first-order valence-electron chi connectivity index (χ1n) is 16.4. The van der Waals surface area contributed by atoms with Gasteiger partial charge in [0.1, 0.15) is 30.5 Å². The maximum Gasteiger partial charge on any atom is 0.123 e. The molecule has 0 unspecified atom stereocenters. The first-order chi connectivity index (χ1) is 20.2. The Labute approximate surface area is 250 Å². The molecule has 3 nitrogen and oxygen atoms in total. The lowest BCUT2D eigenvalue weighted by molar-refractivity contribution is 0.277. The summed E-state index contributed by atoms with van der Waals surface area (Å²) < 4.78 is 12.7. The summed E-state index contributed by atoms with van der Waals surface area (Å²) >= 11 is 0. The van der Waals surface area contributed by atoms with Gasteiger partial charge in [-0.05, 0) is 60.6 Å². The molecular weight excluding hydrogens is 504 g/mol. The zero-order chi connectivity index (χ0) is 29.0. The van der Waals surface area contributed by atoms with E-state index in [2.05, 4.69) is 44.2 Å². The number of hydrogen-bond acceptors (Lipinski definition) is 3. The van der Waals surface area contributed by atoms with Crippen molar-refractivity contribution >= 4 is 0 Å². The van der Waals surface area contributed by atoms with Gasteiger partial charge in [-0.3, -0.25) is 0 Å². The molecule has 0 fully saturated rings. The highest BCUT2D eigenvalue weighted by Gasteiger charge is 2.12. The molecule has 0 aromatic heterocycles. The largest absolute Gasteiger partial charge is 0.508 e. The Balaban J connectivity index is 1.53. The SMILES string of the molecule is CCCCCCCCCc1ccccc1OCc1cccc(O)c1COc1ccccc1CCCCCCCCC. The van der Waals surface area contributed by atoms with Crippen LogP contribution in [0.3, 0.4) is 0 Å². The van der Waals surface area contributed by atoms with Gasteiger partial charge in [0.2, 0.25) is 0 Å². The molecular formula is C38H54O3. The third kappa shape index (κ3) is 12.2. The van der Waals surface area contributed by atoms with Crippen molar-refractivity contribution in [2.75, 3.05) is 0 Å². The maximum absolute atomic E-state index is 10.7. The summed E-state index contributed by atoms with van der Waals surface area (Å²) in [4.78, 5) is 0. The highest BCUT2D eigenvalue weighted by molar-refractivity contribution is 5.41. The van der Waals surface area contributed by atoms with Crippen molar-refractivity contribution in [1.82, 2.24) is 0 Å². The van der Waals surface area contributed by atoms with E-state index in [-0.39, 0.29) is 5.75 Å². The van der Waals surface area contributed by atoms with Crippen molar-refractivity contribution in [1.29, 1.82) is 0 Å². The lowest BCUT2D eigenvalue weighted by Crippen LogP contribution is -2.06. The predicted molar refractivity (Wildman–Crippen MR) is 173 cm³/mol. The molecule has 0 aliphatic heterocycles. The fourth-order valence-corrected chi connectivity index (χ4v) is 5.48. The number of phenols is 1. The summed E-state index contributed by atoms with van der Waals surface area (Å²) in [6.07, 6.45) is 20.3. The van der Waals surface area contributed by atoms with E-state index in [4.69, 9.17) is 9.47 Å². The monoisotopic (exact) mass is 558 g/mol. The number of phenolic OH excluding ortho intramolecular Hbond substituents is 1. The van der Waals surface area contributed by atoms with Crippen molar-refractivity contribution in [2.45, 2.75) is 130 Å². The highest BCUT2D eigenvalue weighted by Crippen LogP contribution is 2.28. The Hall–Kier alpha value is -2.94. The number of benzene rings is 3. The van der Waals surface area contributed by atoms with Crippen LogP contribution in [0.2, 0.25) is 0 Å². The number of unbranched alkanes of at least 4 members (excludes halogenated alkanes) is 12. The minimum Gasteiger partial charge on any atom is -0.508 e. The average molecular weight is 559 g/mol. The van der Waals surface area contributed by atoms with Gasteiger partial charge in [0.15, 0.2) is 0 Å². The van der Waals surface area contributed by atoms with E-state index >= 15 is 0 Å². The Kier molecular flexibility index (Phi) is 15.9. The second kappa shape index (κ2) is 20.0.